The molecule has 0 spiro atoms. The van der Waals surface area contributed by atoms with E-state index in [1.807, 2.05) is 6.92 Å². The average Bonchev–Trinajstić information content (AvgIpc) is 2.15. The number of aliphatic carboxylic acids is 1. The summed E-state index contributed by atoms with van der Waals surface area (Å²) in [5, 5.41) is 11.1. The Balaban J connectivity index is 3.68. The van der Waals surface area contributed by atoms with E-state index in [0.29, 0.717) is 6.54 Å². The maximum Gasteiger partial charge on any atom is 0.334 e. The largest absolute Gasteiger partial charge is 0.479 e. The second kappa shape index (κ2) is 7.28. The first-order valence-corrected chi connectivity index (χ1v) is 4.46. The van der Waals surface area contributed by atoms with E-state index in [4.69, 9.17) is 11.0 Å². The molecule has 1 atom stereocenters. The molecule has 6 heteroatoms. The van der Waals surface area contributed by atoms with Crippen LogP contribution in [0.3, 0.4) is 0 Å². The molecule has 1 amide bonds. The SMILES string of the molecule is CCCNC(=O)CCC(ON)C(=O)O. The zero-order valence-electron chi connectivity index (χ0n) is 8.16. The van der Waals surface area contributed by atoms with Crippen LogP contribution in [-0.4, -0.2) is 29.6 Å². The van der Waals surface area contributed by atoms with Gasteiger partial charge in [0, 0.05) is 13.0 Å². The van der Waals surface area contributed by atoms with Crippen LogP contribution in [0, 0.1) is 0 Å². The summed E-state index contributed by atoms with van der Waals surface area (Å²) in [6.07, 6.45) is -0.0702. The third-order valence-electron chi connectivity index (χ3n) is 1.65. The molecule has 0 bridgehead atoms. The van der Waals surface area contributed by atoms with Crippen LogP contribution in [0.25, 0.3) is 0 Å². The van der Waals surface area contributed by atoms with Crippen LogP contribution in [0.4, 0.5) is 0 Å². The van der Waals surface area contributed by atoms with Crippen molar-refractivity contribution in [2.45, 2.75) is 32.3 Å². The number of amides is 1. The molecule has 0 heterocycles. The van der Waals surface area contributed by atoms with Crippen molar-refractivity contribution in [3.63, 3.8) is 0 Å². The number of nitrogens with two attached hydrogens (primary N) is 1. The molecule has 0 radical (unpaired) electrons. The zero-order chi connectivity index (χ0) is 11.0. The molecule has 0 fully saturated rings. The fraction of sp³-hybridized carbons (Fsp3) is 0.750. The average molecular weight is 204 g/mol. The normalized spacial score (nSPS) is 12.1. The Morgan fingerprint density at radius 3 is 2.64 bits per heavy atom. The molecule has 0 aliphatic carbocycles. The summed E-state index contributed by atoms with van der Waals surface area (Å²) in [6.45, 7) is 2.53. The maximum atomic E-state index is 11.0. The van der Waals surface area contributed by atoms with Crippen LogP contribution in [-0.2, 0) is 14.4 Å². The third kappa shape index (κ3) is 5.50. The second-order valence-electron chi connectivity index (χ2n) is 2.85. The molecule has 0 aromatic heterocycles. The molecule has 1 unspecified atom stereocenters. The summed E-state index contributed by atoms with van der Waals surface area (Å²) in [6, 6.07) is 0. The standard InChI is InChI=1S/C8H16N2O4/c1-2-5-10-7(11)4-3-6(14-9)8(12)13/h6H,2-5,9H2,1H3,(H,10,11)(H,12,13). The number of hydrogen-bond donors (Lipinski definition) is 3. The first kappa shape index (κ1) is 12.9. The van der Waals surface area contributed by atoms with Crippen LogP contribution in [0.1, 0.15) is 26.2 Å². The number of carboxylic acid groups (broad SMARTS) is 1. The summed E-state index contributed by atoms with van der Waals surface area (Å²) in [7, 11) is 0. The molecule has 82 valence electrons. The molecule has 0 aliphatic rings. The van der Waals surface area contributed by atoms with Crippen LogP contribution < -0.4 is 11.2 Å². The van der Waals surface area contributed by atoms with Crippen LogP contribution in [0.5, 0.6) is 0 Å². The maximum absolute atomic E-state index is 11.0. The summed E-state index contributed by atoms with van der Waals surface area (Å²) in [5.41, 5.74) is 0. The molecular formula is C8H16N2O4. The predicted octanol–water partition coefficient (Wildman–Crippen LogP) is -0.364. The fourth-order valence-corrected chi connectivity index (χ4v) is 0.865. The minimum Gasteiger partial charge on any atom is -0.479 e. The number of nitrogens with one attached hydrogen (secondary N) is 1. The first-order chi connectivity index (χ1) is 6.61. The number of carbonyl (C=O) groups is 2. The highest BCUT2D eigenvalue weighted by Crippen LogP contribution is 2.00. The quantitative estimate of drug-likeness (QED) is 0.491. The van der Waals surface area contributed by atoms with E-state index < -0.39 is 12.1 Å². The molecule has 0 aromatic carbocycles. The van der Waals surface area contributed by atoms with Gasteiger partial charge in [-0.3, -0.25) is 9.63 Å². The second-order valence-corrected chi connectivity index (χ2v) is 2.85. The van der Waals surface area contributed by atoms with Gasteiger partial charge in [0.15, 0.2) is 6.10 Å². The molecule has 6 nitrogen and oxygen atoms in total. The van der Waals surface area contributed by atoms with Gasteiger partial charge in [0.05, 0.1) is 0 Å². The van der Waals surface area contributed by atoms with Crippen molar-refractivity contribution in [1.82, 2.24) is 5.32 Å². The highest BCUT2D eigenvalue weighted by molar-refractivity contribution is 5.77. The van der Waals surface area contributed by atoms with Crippen molar-refractivity contribution in [2.75, 3.05) is 6.54 Å². The minimum atomic E-state index is -1.16. The van der Waals surface area contributed by atoms with Gasteiger partial charge in [-0.2, -0.15) is 0 Å². The van der Waals surface area contributed by atoms with E-state index in [2.05, 4.69) is 10.2 Å². The van der Waals surface area contributed by atoms with Crippen molar-refractivity contribution in [3.8, 4) is 0 Å². The molecular weight excluding hydrogens is 188 g/mol. The summed E-state index contributed by atoms with van der Waals surface area (Å²) < 4.78 is 0. The number of rotatable bonds is 7. The Morgan fingerprint density at radius 1 is 1.57 bits per heavy atom. The van der Waals surface area contributed by atoms with Gasteiger partial charge >= 0.3 is 5.97 Å². The Morgan fingerprint density at radius 2 is 2.21 bits per heavy atom. The van der Waals surface area contributed by atoms with E-state index in [1.165, 1.54) is 0 Å². The van der Waals surface area contributed by atoms with Crippen LogP contribution >= 0.6 is 0 Å². The van der Waals surface area contributed by atoms with Gasteiger partial charge in [0.2, 0.25) is 5.91 Å². The predicted molar refractivity (Wildman–Crippen MR) is 49.2 cm³/mol. The van der Waals surface area contributed by atoms with Gasteiger partial charge in [-0.1, -0.05) is 6.92 Å². The number of carbonyl (C=O) groups excluding carboxylic acids is 1. The lowest BCUT2D eigenvalue weighted by Gasteiger charge is -2.08. The smallest absolute Gasteiger partial charge is 0.334 e. The van der Waals surface area contributed by atoms with Gasteiger partial charge < -0.3 is 10.4 Å². The molecule has 4 N–H and O–H groups in total. The van der Waals surface area contributed by atoms with E-state index >= 15 is 0 Å². The Bertz CT molecular complexity index is 196. The van der Waals surface area contributed by atoms with E-state index in [9.17, 15) is 9.59 Å². The van der Waals surface area contributed by atoms with Crippen LogP contribution in [0.15, 0.2) is 0 Å². The van der Waals surface area contributed by atoms with E-state index in [0.717, 1.165) is 6.42 Å². The lowest BCUT2D eigenvalue weighted by atomic mass is 10.2. The van der Waals surface area contributed by atoms with E-state index in [1.54, 1.807) is 0 Å². The third-order valence-corrected chi connectivity index (χ3v) is 1.65. The van der Waals surface area contributed by atoms with Gasteiger partial charge in [-0.25, -0.2) is 10.7 Å². The summed E-state index contributed by atoms with van der Waals surface area (Å²) in [4.78, 5) is 25.7. The van der Waals surface area contributed by atoms with Gasteiger partial charge in [0.1, 0.15) is 0 Å². The lowest BCUT2D eigenvalue weighted by Crippen LogP contribution is -2.30. The van der Waals surface area contributed by atoms with Gasteiger partial charge in [-0.05, 0) is 12.8 Å². The topological polar surface area (TPSA) is 102 Å². The Labute approximate surface area is 82.4 Å². The number of hydrogen-bond acceptors (Lipinski definition) is 4. The minimum absolute atomic E-state index is 0.0847. The molecule has 14 heavy (non-hydrogen) atoms. The zero-order valence-corrected chi connectivity index (χ0v) is 8.16. The number of carboxylic acids is 1. The molecule has 0 aromatic rings. The van der Waals surface area contributed by atoms with E-state index in [-0.39, 0.29) is 18.7 Å². The fourth-order valence-electron chi connectivity index (χ4n) is 0.865. The van der Waals surface area contributed by atoms with Gasteiger partial charge in [0.25, 0.3) is 0 Å². The molecule has 0 saturated heterocycles. The molecule has 0 rings (SSSR count). The van der Waals surface area contributed by atoms with Crippen molar-refractivity contribution < 1.29 is 19.5 Å². The highest BCUT2D eigenvalue weighted by Gasteiger charge is 2.18. The van der Waals surface area contributed by atoms with Crippen molar-refractivity contribution in [2.24, 2.45) is 5.90 Å². The Hall–Kier alpha value is -1.14. The lowest BCUT2D eigenvalue weighted by molar-refractivity contribution is -0.151. The monoisotopic (exact) mass is 204 g/mol. The summed E-state index contributed by atoms with van der Waals surface area (Å²) >= 11 is 0. The van der Waals surface area contributed by atoms with Crippen molar-refractivity contribution >= 4 is 11.9 Å². The van der Waals surface area contributed by atoms with Gasteiger partial charge in [-0.15, -0.1) is 0 Å². The Kier molecular flexibility index (Phi) is 6.69. The molecule has 0 aliphatic heterocycles. The highest BCUT2D eigenvalue weighted by atomic mass is 16.6. The van der Waals surface area contributed by atoms with Crippen molar-refractivity contribution in [3.05, 3.63) is 0 Å². The molecule has 0 saturated carbocycles. The summed E-state index contributed by atoms with van der Waals surface area (Å²) in [5.74, 6) is 3.41. The van der Waals surface area contributed by atoms with Crippen molar-refractivity contribution in [1.29, 1.82) is 0 Å². The van der Waals surface area contributed by atoms with Crippen LogP contribution in [0.2, 0.25) is 0 Å². The first-order valence-electron chi connectivity index (χ1n) is 4.46.